The third kappa shape index (κ3) is 4.31. The summed E-state index contributed by atoms with van der Waals surface area (Å²) in [6.07, 6.45) is 2.68. The molecule has 1 atom stereocenters. The SMILES string of the molecule is CC[C@H](CO)Nc1cc(NCc2ccc(N)cc2)n2ncc(C(C)C)c2n1. The van der Waals surface area contributed by atoms with Gasteiger partial charge in [-0.15, -0.1) is 0 Å². The van der Waals surface area contributed by atoms with Crippen LogP contribution in [0.5, 0.6) is 0 Å². The number of aliphatic hydroxyl groups excluding tert-OH is 1. The second-order valence-corrected chi connectivity index (χ2v) is 7.04. The van der Waals surface area contributed by atoms with E-state index in [0.29, 0.717) is 12.5 Å². The summed E-state index contributed by atoms with van der Waals surface area (Å²) in [5.74, 6) is 1.89. The lowest BCUT2D eigenvalue weighted by Gasteiger charge is -2.17. The number of nitrogen functional groups attached to an aromatic ring is 1. The number of benzene rings is 1. The Bertz CT molecular complexity index is 883. The van der Waals surface area contributed by atoms with E-state index >= 15 is 0 Å². The van der Waals surface area contributed by atoms with Crippen molar-refractivity contribution in [2.45, 2.75) is 45.7 Å². The standard InChI is InChI=1S/C20H28N6O/c1-4-16(12-27)24-18-9-19(22-10-14-5-7-15(21)8-6-14)26-20(25-18)17(11-23-26)13(2)3/h5-9,11,13,16,22,27H,4,10,12,21H2,1-3H3,(H,24,25)/t16-/m1/s1. The molecule has 3 rings (SSSR count). The second kappa shape index (κ2) is 8.26. The van der Waals surface area contributed by atoms with E-state index in [0.717, 1.165) is 40.5 Å². The van der Waals surface area contributed by atoms with Gasteiger partial charge in [0.2, 0.25) is 0 Å². The second-order valence-electron chi connectivity index (χ2n) is 7.04. The first-order valence-electron chi connectivity index (χ1n) is 9.36. The molecule has 0 bridgehead atoms. The van der Waals surface area contributed by atoms with E-state index in [-0.39, 0.29) is 12.6 Å². The van der Waals surface area contributed by atoms with Gasteiger partial charge in [-0.1, -0.05) is 32.9 Å². The number of hydrogen-bond donors (Lipinski definition) is 4. The predicted molar refractivity (Wildman–Crippen MR) is 110 cm³/mol. The average molecular weight is 368 g/mol. The normalized spacial score (nSPS) is 12.5. The molecular formula is C20H28N6O. The lowest BCUT2D eigenvalue weighted by molar-refractivity contribution is 0.271. The summed E-state index contributed by atoms with van der Waals surface area (Å²) < 4.78 is 1.83. The molecule has 0 spiro atoms. The topological polar surface area (TPSA) is 100 Å². The number of fused-ring (bicyclic) bond motifs is 1. The fraction of sp³-hybridized carbons (Fsp3) is 0.400. The van der Waals surface area contributed by atoms with Gasteiger partial charge in [0.15, 0.2) is 5.65 Å². The number of aromatic nitrogens is 3. The van der Waals surface area contributed by atoms with Gasteiger partial charge < -0.3 is 21.5 Å². The molecule has 7 heteroatoms. The Morgan fingerprint density at radius 2 is 1.96 bits per heavy atom. The first kappa shape index (κ1) is 19.0. The van der Waals surface area contributed by atoms with Crippen molar-refractivity contribution in [3.05, 3.63) is 47.7 Å². The van der Waals surface area contributed by atoms with Crippen LogP contribution in [0.2, 0.25) is 0 Å². The van der Waals surface area contributed by atoms with Crippen LogP contribution in [0.25, 0.3) is 5.65 Å². The Labute approximate surface area is 159 Å². The van der Waals surface area contributed by atoms with Crippen molar-refractivity contribution in [3.8, 4) is 0 Å². The highest BCUT2D eigenvalue weighted by Crippen LogP contribution is 2.25. The van der Waals surface area contributed by atoms with E-state index in [4.69, 9.17) is 10.7 Å². The van der Waals surface area contributed by atoms with Gasteiger partial charge >= 0.3 is 0 Å². The number of nitrogens with two attached hydrogens (primary N) is 1. The number of nitrogens with zero attached hydrogens (tertiary/aromatic N) is 3. The van der Waals surface area contributed by atoms with Crippen LogP contribution < -0.4 is 16.4 Å². The summed E-state index contributed by atoms with van der Waals surface area (Å²) in [5.41, 5.74) is 9.55. The van der Waals surface area contributed by atoms with Gasteiger partial charge in [0.05, 0.1) is 18.8 Å². The molecule has 2 heterocycles. The van der Waals surface area contributed by atoms with Crippen LogP contribution in [-0.2, 0) is 6.54 Å². The largest absolute Gasteiger partial charge is 0.399 e. The van der Waals surface area contributed by atoms with Crippen molar-refractivity contribution in [1.29, 1.82) is 0 Å². The summed E-state index contributed by atoms with van der Waals surface area (Å²) in [6, 6.07) is 9.69. The molecule has 3 aromatic rings. The van der Waals surface area contributed by atoms with Gasteiger partial charge in [0, 0.05) is 23.9 Å². The molecule has 5 N–H and O–H groups in total. The molecule has 0 saturated carbocycles. The summed E-state index contributed by atoms with van der Waals surface area (Å²) >= 11 is 0. The van der Waals surface area contributed by atoms with Crippen LogP contribution in [-0.4, -0.2) is 32.4 Å². The van der Waals surface area contributed by atoms with E-state index < -0.39 is 0 Å². The van der Waals surface area contributed by atoms with Crippen molar-refractivity contribution < 1.29 is 5.11 Å². The van der Waals surface area contributed by atoms with Crippen molar-refractivity contribution >= 4 is 23.0 Å². The lowest BCUT2D eigenvalue weighted by Crippen LogP contribution is -2.23. The number of aliphatic hydroxyl groups is 1. The molecule has 2 aromatic heterocycles. The minimum absolute atomic E-state index is 0.0321. The lowest BCUT2D eigenvalue weighted by atomic mass is 10.1. The van der Waals surface area contributed by atoms with Gasteiger partial charge in [-0.2, -0.15) is 9.61 Å². The van der Waals surface area contributed by atoms with Gasteiger partial charge in [-0.25, -0.2) is 4.98 Å². The monoisotopic (exact) mass is 368 g/mol. The predicted octanol–water partition coefficient (Wildman–Crippen LogP) is 3.23. The minimum Gasteiger partial charge on any atom is -0.399 e. The van der Waals surface area contributed by atoms with Crippen LogP contribution in [0, 0.1) is 0 Å². The first-order valence-corrected chi connectivity index (χ1v) is 9.36. The van der Waals surface area contributed by atoms with E-state index in [2.05, 4.69) is 29.6 Å². The molecule has 0 aliphatic heterocycles. The molecule has 0 radical (unpaired) electrons. The Hall–Kier alpha value is -2.80. The summed E-state index contributed by atoms with van der Waals surface area (Å²) in [6.45, 7) is 7.00. The van der Waals surface area contributed by atoms with E-state index in [1.807, 2.05) is 48.0 Å². The molecule has 0 aliphatic carbocycles. The van der Waals surface area contributed by atoms with Gasteiger partial charge in [-0.3, -0.25) is 0 Å². The van der Waals surface area contributed by atoms with Crippen molar-refractivity contribution in [2.24, 2.45) is 0 Å². The van der Waals surface area contributed by atoms with E-state index in [9.17, 15) is 5.11 Å². The molecule has 0 amide bonds. The quantitative estimate of drug-likeness (QED) is 0.456. The Morgan fingerprint density at radius 3 is 2.59 bits per heavy atom. The average Bonchev–Trinajstić information content (AvgIpc) is 3.09. The highest BCUT2D eigenvalue weighted by molar-refractivity contribution is 5.61. The molecule has 0 saturated heterocycles. The first-order chi connectivity index (χ1) is 13.0. The fourth-order valence-electron chi connectivity index (χ4n) is 2.90. The van der Waals surface area contributed by atoms with Gasteiger partial charge in [-0.05, 0) is 30.0 Å². The number of hydrogen-bond acceptors (Lipinski definition) is 6. The van der Waals surface area contributed by atoms with Crippen molar-refractivity contribution in [3.63, 3.8) is 0 Å². The molecular weight excluding hydrogens is 340 g/mol. The third-order valence-corrected chi connectivity index (χ3v) is 4.64. The molecule has 0 aliphatic rings. The number of rotatable bonds is 8. The minimum atomic E-state index is -0.0321. The van der Waals surface area contributed by atoms with Crippen LogP contribution in [0.3, 0.4) is 0 Å². The fourth-order valence-corrected chi connectivity index (χ4v) is 2.90. The van der Waals surface area contributed by atoms with Crippen LogP contribution >= 0.6 is 0 Å². The summed E-state index contributed by atoms with van der Waals surface area (Å²) in [4.78, 5) is 4.74. The zero-order valence-corrected chi connectivity index (χ0v) is 16.1. The zero-order chi connectivity index (χ0) is 19.4. The van der Waals surface area contributed by atoms with Gasteiger partial charge in [0.25, 0.3) is 0 Å². The van der Waals surface area contributed by atoms with Gasteiger partial charge in [0.1, 0.15) is 11.6 Å². The smallest absolute Gasteiger partial charge is 0.163 e. The highest BCUT2D eigenvalue weighted by Gasteiger charge is 2.15. The summed E-state index contributed by atoms with van der Waals surface area (Å²) in [5, 5.41) is 20.8. The Kier molecular flexibility index (Phi) is 5.81. The molecule has 7 nitrogen and oxygen atoms in total. The zero-order valence-electron chi connectivity index (χ0n) is 16.1. The Morgan fingerprint density at radius 1 is 1.22 bits per heavy atom. The van der Waals surface area contributed by atoms with E-state index in [1.165, 1.54) is 0 Å². The van der Waals surface area contributed by atoms with Crippen molar-refractivity contribution in [1.82, 2.24) is 14.6 Å². The maximum absolute atomic E-state index is 9.51. The molecule has 144 valence electrons. The third-order valence-electron chi connectivity index (χ3n) is 4.64. The summed E-state index contributed by atoms with van der Waals surface area (Å²) in [7, 11) is 0. The van der Waals surface area contributed by atoms with E-state index in [1.54, 1.807) is 0 Å². The maximum Gasteiger partial charge on any atom is 0.163 e. The Balaban J connectivity index is 1.94. The molecule has 0 fully saturated rings. The van der Waals surface area contributed by atoms with Crippen LogP contribution in [0.4, 0.5) is 17.3 Å². The van der Waals surface area contributed by atoms with Crippen molar-refractivity contribution in [2.75, 3.05) is 23.0 Å². The van der Waals surface area contributed by atoms with Crippen LogP contribution in [0.1, 0.15) is 44.2 Å². The molecule has 1 aromatic carbocycles. The van der Waals surface area contributed by atoms with Crippen LogP contribution in [0.15, 0.2) is 36.5 Å². The maximum atomic E-state index is 9.51. The molecule has 27 heavy (non-hydrogen) atoms. The molecule has 0 unspecified atom stereocenters. The number of anilines is 3. The number of nitrogens with one attached hydrogen (secondary N) is 2. The highest BCUT2D eigenvalue weighted by atomic mass is 16.3.